The van der Waals surface area contributed by atoms with E-state index in [1.165, 1.54) is 0 Å². The van der Waals surface area contributed by atoms with Gasteiger partial charge in [0.15, 0.2) is 12.5 Å². The van der Waals surface area contributed by atoms with Gasteiger partial charge >= 0.3 is 27.0 Å². The molecule has 5 unspecified atom stereocenters. The van der Waals surface area contributed by atoms with E-state index in [1.54, 1.807) is 0 Å². The lowest BCUT2D eigenvalue weighted by molar-refractivity contribution is -0.0548. The van der Waals surface area contributed by atoms with Gasteiger partial charge in [0.05, 0.1) is 39.8 Å². The molecule has 2 saturated heterocycles. The van der Waals surface area contributed by atoms with Crippen LogP contribution in [-0.2, 0) is 40.8 Å². The van der Waals surface area contributed by atoms with Gasteiger partial charge in [-0.3, -0.25) is 42.3 Å². The molecule has 4 rings (SSSR count). The number of aromatic amines is 2. The third kappa shape index (κ3) is 8.94. The number of ether oxygens (including phenoxy) is 4. The number of aliphatic hydroxyl groups excluding tert-OH is 4. The van der Waals surface area contributed by atoms with Gasteiger partial charge in [-0.2, -0.15) is 0 Å². The molecular formula is C20H30BN4O21P3. The second-order valence-electron chi connectivity index (χ2n) is 10.3. The van der Waals surface area contributed by atoms with Crippen molar-refractivity contribution in [3.63, 3.8) is 0 Å². The Balaban J connectivity index is 1.34. The third-order valence-electron chi connectivity index (χ3n) is 6.84. The van der Waals surface area contributed by atoms with E-state index in [1.807, 2.05) is 9.97 Å². The molecule has 25 nitrogen and oxygen atoms in total. The minimum absolute atomic E-state index is 0.362. The largest absolute Gasteiger partial charge is 0.490 e. The zero-order valence-corrected chi connectivity index (χ0v) is 27.9. The van der Waals surface area contributed by atoms with Gasteiger partial charge in [-0.05, 0) is 0 Å². The van der Waals surface area contributed by atoms with Crippen LogP contribution in [0.2, 0.25) is 0 Å². The Morgan fingerprint density at radius 3 is 1.39 bits per heavy atom. The molecule has 2 fully saturated rings. The highest BCUT2D eigenvalue weighted by Gasteiger charge is 2.48. The molecule has 0 amide bonds. The number of aliphatic hydroxyl groups is 4. The zero-order chi connectivity index (χ0) is 36.6. The topological polar surface area (TPSA) is 356 Å². The Morgan fingerprint density at radius 1 is 0.714 bits per heavy atom. The van der Waals surface area contributed by atoms with Gasteiger partial charge in [-0.25, -0.2) is 27.3 Å². The first-order valence-electron chi connectivity index (χ1n) is 13.5. The van der Waals surface area contributed by atoms with Crippen LogP contribution in [0, 0.1) is 0 Å². The Kier molecular flexibility index (Phi) is 11.8. The number of aromatic nitrogens is 4. The third-order valence-corrected chi connectivity index (χ3v) is 11.8. The lowest BCUT2D eigenvalue weighted by atomic mass is 10.1. The van der Waals surface area contributed by atoms with Crippen molar-refractivity contribution in [2.45, 2.75) is 49.1 Å². The zero-order valence-electron chi connectivity index (χ0n) is 25.2. The standard InChI is InChI=1S/C20H30BN4O21P3/c1-39-7-3-24(19(32)22-15(7)30)17-13(28)11(26)9(43-17)5-41-48(35,36)45-47(21,34)46-49(37,38)42-6-10-12(27)14(29)18(44-10)25-4-8(40-2)16(31)23-20(25)33/h3-4,9-14,17-18,26-29H,5-6,21H2,1-2H3,(H,35,36)(H,37,38)(H,22,30,32)(H,23,31,33)/t9-,10+,11+,12?,13?,14-,17-,18+,47?/m0/s1. The molecule has 4 heterocycles. The highest BCUT2D eigenvalue weighted by Crippen LogP contribution is 2.67. The molecule has 2 aromatic heterocycles. The average molecular weight is 766 g/mol. The van der Waals surface area contributed by atoms with Crippen molar-refractivity contribution >= 4 is 30.7 Å². The second kappa shape index (κ2) is 14.8. The summed E-state index contributed by atoms with van der Waals surface area (Å²) >= 11 is 0. The van der Waals surface area contributed by atoms with Crippen LogP contribution in [0.5, 0.6) is 11.5 Å². The van der Waals surface area contributed by atoms with Crippen LogP contribution in [0.15, 0.2) is 31.6 Å². The van der Waals surface area contributed by atoms with Crippen LogP contribution in [0.3, 0.4) is 0 Å². The number of hydrogen-bond donors (Lipinski definition) is 8. The summed E-state index contributed by atoms with van der Waals surface area (Å²) in [6.07, 6.45) is -12.3. The van der Waals surface area contributed by atoms with Gasteiger partial charge in [0.1, 0.15) is 36.6 Å². The SMILES string of the molecule is BP(=O)(OP(=O)(O)OC[C@@H]1O[C@H](n2cc(OC)c(=O)[nH]c2=O)C(O)[C@@H]1O)OP(=O)(O)OC[C@H]1O[C@@H](n2cc(OC)c(=O)[nH]c2=O)[C@@H](O)C1O. The lowest BCUT2D eigenvalue weighted by Gasteiger charge is -2.22. The van der Waals surface area contributed by atoms with Crippen LogP contribution >= 0.6 is 23.1 Å². The van der Waals surface area contributed by atoms with Gasteiger partial charge in [0, 0.05) is 0 Å². The van der Waals surface area contributed by atoms with E-state index in [0.717, 1.165) is 26.6 Å². The highest BCUT2D eigenvalue weighted by molar-refractivity contribution is 7.86. The monoisotopic (exact) mass is 766 g/mol. The summed E-state index contributed by atoms with van der Waals surface area (Å²) in [5, 5.41) is 41.4. The molecule has 2 aliphatic rings. The maximum absolute atomic E-state index is 12.7. The first-order chi connectivity index (χ1) is 22.7. The van der Waals surface area contributed by atoms with E-state index in [9.17, 15) is 63.1 Å². The summed E-state index contributed by atoms with van der Waals surface area (Å²) < 4.78 is 77.3. The van der Waals surface area contributed by atoms with Crippen LogP contribution in [0.4, 0.5) is 0 Å². The summed E-state index contributed by atoms with van der Waals surface area (Å²) in [5.74, 6) is -0.724. The first kappa shape index (κ1) is 39.0. The molecule has 274 valence electrons. The maximum Gasteiger partial charge on any atom is 0.478 e. The van der Waals surface area contributed by atoms with Gasteiger partial charge in [-0.15, -0.1) is 0 Å². The van der Waals surface area contributed by atoms with Crippen LogP contribution < -0.4 is 32.0 Å². The van der Waals surface area contributed by atoms with E-state index in [4.69, 9.17) is 18.9 Å². The molecule has 0 spiro atoms. The Labute approximate surface area is 272 Å². The van der Waals surface area contributed by atoms with E-state index in [2.05, 4.69) is 17.7 Å². The van der Waals surface area contributed by atoms with Crippen molar-refractivity contribution in [2.24, 2.45) is 0 Å². The molecule has 0 aliphatic carbocycles. The van der Waals surface area contributed by atoms with Crippen LogP contribution in [0.25, 0.3) is 0 Å². The number of phosphoric acid groups is 2. The van der Waals surface area contributed by atoms with E-state index in [0.29, 0.717) is 16.7 Å². The van der Waals surface area contributed by atoms with E-state index >= 15 is 0 Å². The fourth-order valence-electron chi connectivity index (χ4n) is 4.57. The number of hydrogen-bond acceptors (Lipinski definition) is 19. The summed E-state index contributed by atoms with van der Waals surface area (Å²) in [4.78, 5) is 71.7. The number of methoxy groups -OCH3 is 2. The highest BCUT2D eigenvalue weighted by atomic mass is 31.3. The van der Waals surface area contributed by atoms with Crippen molar-refractivity contribution in [1.82, 2.24) is 19.1 Å². The van der Waals surface area contributed by atoms with Crippen molar-refractivity contribution in [3.05, 3.63) is 54.1 Å². The molecule has 0 saturated carbocycles. The minimum atomic E-state index is -5.48. The molecule has 29 heteroatoms. The normalized spacial score (nSPS) is 30.7. The van der Waals surface area contributed by atoms with E-state index in [-0.39, 0.29) is 11.5 Å². The van der Waals surface area contributed by atoms with Crippen LogP contribution in [-0.4, -0.2) is 121 Å². The molecule has 8 N–H and O–H groups in total. The summed E-state index contributed by atoms with van der Waals surface area (Å²) in [6, 6.07) is 0. The van der Waals surface area contributed by atoms with Gasteiger partial charge in [-0.1, -0.05) is 0 Å². The Hall–Kier alpha value is -2.77. The van der Waals surface area contributed by atoms with Gasteiger partial charge < -0.3 is 49.2 Å². The number of phosphoric ester groups is 2. The Morgan fingerprint density at radius 2 is 1.06 bits per heavy atom. The molecule has 49 heavy (non-hydrogen) atoms. The van der Waals surface area contributed by atoms with E-state index < -0.39 is 108 Å². The molecule has 0 radical (unpaired) electrons. The molecule has 2 aromatic rings. The summed E-state index contributed by atoms with van der Waals surface area (Å²) in [6.45, 7) is -2.12. The van der Waals surface area contributed by atoms with Crippen molar-refractivity contribution < 1.29 is 80.5 Å². The molecule has 0 aromatic carbocycles. The smallest absolute Gasteiger partial charge is 0.478 e. The van der Waals surface area contributed by atoms with Crippen LogP contribution in [0.1, 0.15) is 12.5 Å². The molecule has 0 bridgehead atoms. The minimum Gasteiger partial charge on any atom is -0.490 e. The quantitative estimate of drug-likeness (QED) is 0.0662. The van der Waals surface area contributed by atoms with Crippen molar-refractivity contribution in [2.75, 3.05) is 27.4 Å². The number of H-pyrrole nitrogens is 2. The van der Waals surface area contributed by atoms with Crippen molar-refractivity contribution in [3.8, 4) is 11.5 Å². The molecule has 11 atom stereocenters. The second-order valence-corrected chi connectivity index (χ2v) is 15.5. The predicted octanol–water partition coefficient (Wildman–Crippen LogP) is -4.65. The summed E-state index contributed by atoms with van der Waals surface area (Å²) in [7, 11) is -13.3. The number of rotatable bonds is 14. The average Bonchev–Trinajstić information content (AvgIpc) is 3.43. The van der Waals surface area contributed by atoms with Gasteiger partial charge in [0.25, 0.3) is 26.2 Å². The maximum atomic E-state index is 12.7. The number of nitrogens with zero attached hydrogens (tertiary/aromatic N) is 2. The Bertz CT molecular complexity index is 1780. The first-order valence-corrected chi connectivity index (χ1v) is 18.4. The molecular weight excluding hydrogens is 736 g/mol. The van der Waals surface area contributed by atoms with Crippen molar-refractivity contribution in [1.29, 1.82) is 0 Å². The fraction of sp³-hybridized carbons (Fsp3) is 0.600. The lowest BCUT2D eigenvalue weighted by Crippen LogP contribution is -2.38. The summed E-state index contributed by atoms with van der Waals surface area (Å²) in [5.41, 5.74) is -3.96. The predicted molar refractivity (Wildman–Crippen MR) is 157 cm³/mol. The fourth-order valence-corrected chi connectivity index (χ4v) is 9.00. The molecule has 2 aliphatic heterocycles. The number of nitrogens with one attached hydrogen (secondary N) is 2. The van der Waals surface area contributed by atoms with Gasteiger partial charge in [0.2, 0.25) is 11.5 Å².